The number of halogens is 1. The first-order chi connectivity index (χ1) is 6.74. The van der Waals surface area contributed by atoms with Crippen molar-refractivity contribution in [1.29, 1.82) is 0 Å². The highest BCUT2D eigenvalue weighted by Crippen LogP contribution is 2.35. The number of benzene rings is 1. The van der Waals surface area contributed by atoms with E-state index in [-0.39, 0.29) is 6.61 Å². The molecular formula is C10H12ClNO2. The van der Waals surface area contributed by atoms with Crippen molar-refractivity contribution in [3.63, 3.8) is 0 Å². The van der Waals surface area contributed by atoms with Crippen LogP contribution in [0, 0.1) is 0 Å². The Morgan fingerprint density at radius 1 is 1.57 bits per heavy atom. The normalized spacial score (nSPS) is 16.2. The van der Waals surface area contributed by atoms with Gasteiger partial charge in [0.15, 0.2) is 0 Å². The fraction of sp³-hybridized carbons (Fsp3) is 0.400. The standard InChI is InChI=1S/C10H12ClNO2/c11-7-1-2-9-6(3-4-14-9)10(7)8(12)5-13/h1-2,8,13H,3-5,12H2. The molecule has 0 radical (unpaired) electrons. The second kappa shape index (κ2) is 3.77. The third-order valence-electron chi connectivity index (χ3n) is 2.44. The Labute approximate surface area is 87.4 Å². The lowest BCUT2D eigenvalue weighted by Crippen LogP contribution is -2.16. The molecule has 1 aromatic carbocycles. The lowest BCUT2D eigenvalue weighted by atomic mass is 9.99. The third kappa shape index (κ3) is 1.47. The Morgan fingerprint density at radius 3 is 3.07 bits per heavy atom. The molecule has 0 saturated carbocycles. The molecule has 76 valence electrons. The van der Waals surface area contributed by atoms with Gasteiger partial charge in [0, 0.05) is 17.0 Å². The second-order valence-electron chi connectivity index (χ2n) is 3.33. The molecule has 3 N–H and O–H groups in total. The van der Waals surface area contributed by atoms with E-state index in [4.69, 9.17) is 27.2 Å². The van der Waals surface area contributed by atoms with Crippen LogP contribution in [0.3, 0.4) is 0 Å². The summed E-state index contributed by atoms with van der Waals surface area (Å²) in [6.07, 6.45) is 0.818. The molecule has 0 bridgehead atoms. The van der Waals surface area contributed by atoms with Gasteiger partial charge in [0.2, 0.25) is 0 Å². The molecule has 0 amide bonds. The summed E-state index contributed by atoms with van der Waals surface area (Å²) in [6, 6.07) is 3.19. The van der Waals surface area contributed by atoms with Crippen molar-refractivity contribution < 1.29 is 9.84 Å². The maximum Gasteiger partial charge on any atom is 0.123 e. The monoisotopic (exact) mass is 213 g/mol. The van der Waals surface area contributed by atoms with Gasteiger partial charge in [-0.1, -0.05) is 11.6 Å². The summed E-state index contributed by atoms with van der Waals surface area (Å²) in [4.78, 5) is 0. The van der Waals surface area contributed by atoms with Crippen molar-refractivity contribution in [1.82, 2.24) is 0 Å². The number of fused-ring (bicyclic) bond motifs is 1. The molecule has 3 nitrogen and oxygen atoms in total. The average Bonchev–Trinajstić information content (AvgIpc) is 2.64. The third-order valence-corrected chi connectivity index (χ3v) is 2.77. The van der Waals surface area contributed by atoms with Gasteiger partial charge < -0.3 is 15.6 Å². The van der Waals surface area contributed by atoms with E-state index in [0.717, 1.165) is 23.3 Å². The van der Waals surface area contributed by atoms with Crippen molar-refractivity contribution in [2.75, 3.05) is 13.2 Å². The van der Waals surface area contributed by atoms with E-state index in [0.29, 0.717) is 11.6 Å². The average molecular weight is 214 g/mol. The zero-order chi connectivity index (χ0) is 10.1. The largest absolute Gasteiger partial charge is 0.493 e. The van der Waals surface area contributed by atoms with E-state index >= 15 is 0 Å². The van der Waals surface area contributed by atoms with Crippen LogP contribution in [-0.2, 0) is 6.42 Å². The summed E-state index contributed by atoms with van der Waals surface area (Å²) in [7, 11) is 0. The maximum absolute atomic E-state index is 9.02. The van der Waals surface area contributed by atoms with Crippen LogP contribution in [0.2, 0.25) is 5.02 Å². The van der Waals surface area contributed by atoms with Crippen LogP contribution in [0.15, 0.2) is 12.1 Å². The molecule has 2 rings (SSSR count). The number of aliphatic hydroxyl groups excluding tert-OH is 1. The van der Waals surface area contributed by atoms with Crippen LogP contribution in [0.5, 0.6) is 5.75 Å². The van der Waals surface area contributed by atoms with E-state index < -0.39 is 6.04 Å². The van der Waals surface area contributed by atoms with Gasteiger partial charge in [0.05, 0.1) is 19.3 Å². The van der Waals surface area contributed by atoms with Gasteiger partial charge in [-0.05, 0) is 17.7 Å². The molecule has 0 saturated heterocycles. The summed E-state index contributed by atoms with van der Waals surface area (Å²) < 4.78 is 5.39. The Bertz CT molecular complexity index is 354. The number of hydrogen-bond donors (Lipinski definition) is 2. The lowest BCUT2D eigenvalue weighted by molar-refractivity contribution is 0.267. The van der Waals surface area contributed by atoms with Crippen LogP contribution in [0.4, 0.5) is 0 Å². The van der Waals surface area contributed by atoms with Crippen molar-refractivity contribution in [3.05, 3.63) is 28.3 Å². The molecule has 0 aliphatic carbocycles. The smallest absolute Gasteiger partial charge is 0.123 e. The molecule has 1 aromatic rings. The fourth-order valence-electron chi connectivity index (χ4n) is 1.76. The minimum Gasteiger partial charge on any atom is -0.493 e. The molecule has 0 aromatic heterocycles. The molecule has 1 aliphatic rings. The summed E-state index contributed by atoms with van der Waals surface area (Å²) in [5.74, 6) is 0.841. The van der Waals surface area contributed by atoms with Gasteiger partial charge in [-0.25, -0.2) is 0 Å². The van der Waals surface area contributed by atoms with Crippen LogP contribution in [-0.4, -0.2) is 18.3 Å². The molecule has 0 fully saturated rings. The van der Waals surface area contributed by atoms with Gasteiger partial charge in [-0.2, -0.15) is 0 Å². The summed E-state index contributed by atoms with van der Waals surface area (Å²) in [6.45, 7) is 0.566. The SMILES string of the molecule is NC(CO)c1c(Cl)ccc2c1CCO2. The molecule has 1 heterocycles. The summed E-state index contributed by atoms with van der Waals surface area (Å²) in [5, 5.41) is 9.63. The number of ether oxygens (including phenoxy) is 1. The van der Waals surface area contributed by atoms with E-state index in [2.05, 4.69) is 0 Å². The second-order valence-corrected chi connectivity index (χ2v) is 3.73. The van der Waals surface area contributed by atoms with E-state index in [1.165, 1.54) is 0 Å². The lowest BCUT2D eigenvalue weighted by Gasteiger charge is -2.14. The zero-order valence-corrected chi connectivity index (χ0v) is 8.42. The highest BCUT2D eigenvalue weighted by atomic mass is 35.5. The number of hydrogen-bond acceptors (Lipinski definition) is 3. The molecule has 1 unspecified atom stereocenters. The number of nitrogens with two attached hydrogens (primary N) is 1. The summed E-state index contributed by atoms with van der Waals surface area (Å²) in [5.41, 5.74) is 7.64. The van der Waals surface area contributed by atoms with E-state index in [9.17, 15) is 0 Å². The predicted octanol–water partition coefficient (Wildman–Crippen LogP) is 1.27. The molecule has 14 heavy (non-hydrogen) atoms. The predicted molar refractivity (Wildman–Crippen MR) is 54.7 cm³/mol. The first-order valence-corrected chi connectivity index (χ1v) is 4.92. The molecule has 0 spiro atoms. The Kier molecular flexibility index (Phi) is 2.63. The van der Waals surface area contributed by atoms with Gasteiger partial charge in [0.1, 0.15) is 5.75 Å². The number of aliphatic hydroxyl groups is 1. The van der Waals surface area contributed by atoms with E-state index in [1.54, 1.807) is 6.07 Å². The molecule has 1 aliphatic heterocycles. The van der Waals surface area contributed by atoms with Crippen molar-refractivity contribution in [3.8, 4) is 5.75 Å². The van der Waals surface area contributed by atoms with Crippen LogP contribution in [0.25, 0.3) is 0 Å². The van der Waals surface area contributed by atoms with Gasteiger partial charge in [0.25, 0.3) is 0 Å². The van der Waals surface area contributed by atoms with Crippen molar-refractivity contribution in [2.45, 2.75) is 12.5 Å². The van der Waals surface area contributed by atoms with Gasteiger partial charge in [-0.15, -0.1) is 0 Å². The van der Waals surface area contributed by atoms with Gasteiger partial charge in [-0.3, -0.25) is 0 Å². The Morgan fingerprint density at radius 2 is 2.36 bits per heavy atom. The Balaban J connectivity index is 2.51. The maximum atomic E-state index is 9.02. The first-order valence-electron chi connectivity index (χ1n) is 4.54. The van der Waals surface area contributed by atoms with Crippen LogP contribution >= 0.6 is 11.6 Å². The van der Waals surface area contributed by atoms with Crippen molar-refractivity contribution >= 4 is 11.6 Å². The van der Waals surface area contributed by atoms with E-state index in [1.807, 2.05) is 6.07 Å². The van der Waals surface area contributed by atoms with Crippen molar-refractivity contribution in [2.24, 2.45) is 5.73 Å². The fourth-order valence-corrected chi connectivity index (χ4v) is 2.08. The summed E-state index contributed by atoms with van der Waals surface area (Å²) >= 11 is 6.03. The Hall–Kier alpha value is -0.770. The minimum atomic E-state index is -0.417. The highest BCUT2D eigenvalue weighted by Gasteiger charge is 2.21. The molecule has 4 heteroatoms. The minimum absolute atomic E-state index is 0.101. The zero-order valence-electron chi connectivity index (χ0n) is 7.66. The first kappa shape index (κ1) is 9.77. The van der Waals surface area contributed by atoms with Crippen LogP contribution in [0.1, 0.15) is 17.2 Å². The highest BCUT2D eigenvalue weighted by molar-refractivity contribution is 6.31. The topological polar surface area (TPSA) is 55.5 Å². The molecule has 1 atom stereocenters. The van der Waals surface area contributed by atoms with Crippen LogP contribution < -0.4 is 10.5 Å². The molecular weight excluding hydrogens is 202 g/mol. The quantitative estimate of drug-likeness (QED) is 0.778. The van der Waals surface area contributed by atoms with Gasteiger partial charge >= 0.3 is 0 Å². The number of rotatable bonds is 2.